The average molecular weight is 302 g/mol. The molecule has 0 amide bonds. The van der Waals surface area contributed by atoms with Crippen molar-refractivity contribution in [2.45, 2.75) is 24.8 Å². The smallest absolute Gasteiger partial charge is 0.258 e. The number of nitrogen functional groups attached to an aromatic ring is 1. The van der Waals surface area contributed by atoms with E-state index < -0.39 is 0 Å². The minimum atomic E-state index is -0.131. The number of hydrogen-bond acceptors (Lipinski definition) is 6. The zero-order chi connectivity index (χ0) is 15.0. The van der Waals surface area contributed by atoms with E-state index in [-0.39, 0.29) is 11.5 Å². The highest BCUT2D eigenvalue weighted by atomic mass is 32.2. The van der Waals surface area contributed by atoms with Crippen LogP contribution in [-0.4, -0.2) is 25.1 Å². The Balaban J connectivity index is 1.96. The zero-order valence-electron chi connectivity index (χ0n) is 11.6. The first-order valence-electron chi connectivity index (χ1n) is 6.34. The fourth-order valence-electron chi connectivity index (χ4n) is 2.01. The number of hydrogen-bond donors (Lipinski definition) is 3. The fourth-order valence-corrected chi connectivity index (χ4v) is 2.69. The first-order valence-corrected chi connectivity index (χ1v) is 7.33. The lowest BCUT2D eigenvalue weighted by Gasteiger charge is -2.06. The normalized spacial score (nSPS) is 11.1. The van der Waals surface area contributed by atoms with Crippen LogP contribution in [0.2, 0.25) is 0 Å². The molecule has 2 aromatic heterocycles. The number of nitrogens with zero attached hydrogens (tertiary/aromatic N) is 3. The Hall–Kier alpha value is -2.35. The van der Waals surface area contributed by atoms with Crippen molar-refractivity contribution in [1.82, 2.24) is 25.1 Å². The number of aryl methyl sites for hydroxylation is 2. The number of fused-ring (bicyclic) bond motifs is 1. The van der Waals surface area contributed by atoms with E-state index in [1.165, 1.54) is 11.8 Å². The van der Waals surface area contributed by atoms with Crippen molar-refractivity contribution in [2.75, 3.05) is 5.73 Å². The molecule has 108 valence electrons. The molecule has 0 spiro atoms. The highest BCUT2D eigenvalue weighted by Gasteiger charge is 2.09. The molecule has 2 heterocycles. The Morgan fingerprint density at radius 2 is 2.10 bits per heavy atom. The second-order valence-corrected chi connectivity index (χ2v) is 5.65. The Morgan fingerprint density at radius 1 is 1.29 bits per heavy atom. The van der Waals surface area contributed by atoms with Crippen molar-refractivity contribution in [2.24, 2.45) is 0 Å². The maximum Gasteiger partial charge on any atom is 0.258 e. The second-order valence-electron chi connectivity index (χ2n) is 4.71. The summed E-state index contributed by atoms with van der Waals surface area (Å²) in [7, 11) is 0. The predicted octanol–water partition coefficient (Wildman–Crippen LogP) is 1.53. The van der Waals surface area contributed by atoms with Crippen LogP contribution >= 0.6 is 11.8 Å². The number of anilines is 1. The maximum atomic E-state index is 12.1. The number of benzene rings is 1. The number of nitrogens with one attached hydrogen (secondary N) is 2. The molecule has 0 fully saturated rings. The van der Waals surface area contributed by atoms with Gasteiger partial charge in [-0.15, -0.1) is 5.10 Å². The molecule has 1 aromatic carbocycles. The standard InChI is InChI=1S/C13H14N6OS/c1-6-3-4-8-10(7(6)2)15-9(16-11(8)20)5-21-13-17-12(14)18-19-13/h3-4H,5H2,1-2H3,(H,15,16,20)(H3,14,17,18,19). The molecule has 3 rings (SSSR count). The molecule has 4 N–H and O–H groups in total. The number of nitrogens with two attached hydrogens (primary N) is 1. The van der Waals surface area contributed by atoms with Crippen molar-refractivity contribution in [3.63, 3.8) is 0 Å². The lowest BCUT2D eigenvalue weighted by molar-refractivity contribution is 0.965. The van der Waals surface area contributed by atoms with E-state index in [4.69, 9.17) is 5.73 Å². The maximum absolute atomic E-state index is 12.1. The van der Waals surface area contributed by atoms with Gasteiger partial charge in [0.1, 0.15) is 5.82 Å². The van der Waals surface area contributed by atoms with E-state index in [0.29, 0.717) is 22.1 Å². The average Bonchev–Trinajstić information content (AvgIpc) is 2.87. The quantitative estimate of drug-likeness (QED) is 0.632. The molecule has 0 saturated heterocycles. The number of H-pyrrole nitrogens is 2. The van der Waals surface area contributed by atoms with Crippen LogP contribution < -0.4 is 11.3 Å². The molecule has 0 aliphatic rings. The number of aromatic amines is 2. The lowest BCUT2D eigenvalue weighted by atomic mass is 10.1. The van der Waals surface area contributed by atoms with E-state index in [0.717, 1.165) is 16.6 Å². The highest BCUT2D eigenvalue weighted by molar-refractivity contribution is 7.98. The summed E-state index contributed by atoms with van der Waals surface area (Å²) >= 11 is 1.36. The molecule has 21 heavy (non-hydrogen) atoms. The van der Waals surface area contributed by atoms with Gasteiger partial charge in [0.25, 0.3) is 5.56 Å². The van der Waals surface area contributed by atoms with E-state index in [9.17, 15) is 4.79 Å². The zero-order valence-corrected chi connectivity index (χ0v) is 12.4. The molecular formula is C13H14N6OS. The van der Waals surface area contributed by atoms with Gasteiger partial charge in [0.2, 0.25) is 11.1 Å². The van der Waals surface area contributed by atoms with Gasteiger partial charge in [-0.1, -0.05) is 17.8 Å². The van der Waals surface area contributed by atoms with Crippen molar-refractivity contribution in [1.29, 1.82) is 0 Å². The summed E-state index contributed by atoms with van der Waals surface area (Å²) < 4.78 is 0. The Bertz CT molecular complexity index is 869. The second kappa shape index (κ2) is 5.21. The van der Waals surface area contributed by atoms with E-state index in [1.807, 2.05) is 19.9 Å². The van der Waals surface area contributed by atoms with Crippen molar-refractivity contribution < 1.29 is 0 Å². The Labute approximate surface area is 124 Å². The first kappa shape index (κ1) is 13.6. The van der Waals surface area contributed by atoms with Gasteiger partial charge >= 0.3 is 0 Å². The number of aromatic nitrogens is 5. The van der Waals surface area contributed by atoms with Crippen molar-refractivity contribution in [3.05, 3.63) is 39.4 Å². The minimum Gasteiger partial charge on any atom is -0.368 e. The van der Waals surface area contributed by atoms with Crippen LogP contribution in [0.5, 0.6) is 0 Å². The molecule has 0 unspecified atom stereocenters. The molecule has 0 aliphatic carbocycles. The van der Waals surface area contributed by atoms with Gasteiger partial charge in [0.15, 0.2) is 0 Å². The molecule has 3 aromatic rings. The van der Waals surface area contributed by atoms with Gasteiger partial charge in [-0.2, -0.15) is 4.98 Å². The van der Waals surface area contributed by atoms with Gasteiger partial charge in [0, 0.05) is 0 Å². The van der Waals surface area contributed by atoms with E-state index in [2.05, 4.69) is 25.1 Å². The van der Waals surface area contributed by atoms with Crippen LogP contribution in [0.25, 0.3) is 10.9 Å². The third kappa shape index (κ3) is 2.62. The van der Waals surface area contributed by atoms with E-state index >= 15 is 0 Å². The SMILES string of the molecule is Cc1ccc2c(=O)[nH]c(CSc3n[nH]c(N)n3)nc2c1C. The summed E-state index contributed by atoms with van der Waals surface area (Å²) in [6.07, 6.45) is 0. The summed E-state index contributed by atoms with van der Waals surface area (Å²) in [5.74, 6) is 1.33. The third-order valence-corrected chi connectivity index (χ3v) is 4.13. The molecule has 8 heteroatoms. The number of thioether (sulfide) groups is 1. The van der Waals surface area contributed by atoms with Gasteiger partial charge < -0.3 is 10.7 Å². The summed E-state index contributed by atoms with van der Waals surface area (Å²) in [5, 5.41) is 7.63. The van der Waals surface area contributed by atoms with Crippen molar-refractivity contribution in [3.8, 4) is 0 Å². The van der Waals surface area contributed by atoms with Crippen molar-refractivity contribution >= 4 is 28.6 Å². The van der Waals surface area contributed by atoms with Crippen LogP contribution in [0.15, 0.2) is 22.1 Å². The summed E-state index contributed by atoms with van der Waals surface area (Å²) in [4.78, 5) is 23.4. The minimum absolute atomic E-state index is 0.131. The van der Waals surface area contributed by atoms with Crippen LogP contribution in [-0.2, 0) is 5.75 Å². The summed E-state index contributed by atoms with van der Waals surface area (Å²) in [6, 6.07) is 3.73. The van der Waals surface area contributed by atoms with Gasteiger partial charge in [-0.05, 0) is 31.0 Å². The van der Waals surface area contributed by atoms with Crippen LogP contribution in [0, 0.1) is 13.8 Å². The van der Waals surface area contributed by atoms with Gasteiger partial charge in [-0.25, -0.2) is 10.1 Å². The number of rotatable bonds is 3. The predicted molar refractivity (Wildman–Crippen MR) is 82.2 cm³/mol. The molecule has 7 nitrogen and oxygen atoms in total. The fraction of sp³-hybridized carbons (Fsp3) is 0.231. The Morgan fingerprint density at radius 3 is 2.81 bits per heavy atom. The van der Waals surface area contributed by atoms with Gasteiger partial charge in [0.05, 0.1) is 16.7 Å². The van der Waals surface area contributed by atoms with Crippen LogP contribution in [0.1, 0.15) is 17.0 Å². The topological polar surface area (TPSA) is 113 Å². The largest absolute Gasteiger partial charge is 0.368 e. The molecule has 0 atom stereocenters. The molecule has 0 saturated carbocycles. The van der Waals surface area contributed by atoms with Crippen LogP contribution in [0.3, 0.4) is 0 Å². The van der Waals surface area contributed by atoms with Gasteiger partial charge in [-0.3, -0.25) is 4.79 Å². The third-order valence-electron chi connectivity index (χ3n) is 3.27. The first-order chi connectivity index (χ1) is 10.0. The van der Waals surface area contributed by atoms with Crippen LogP contribution in [0.4, 0.5) is 5.95 Å². The molecular weight excluding hydrogens is 288 g/mol. The summed E-state index contributed by atoms with van der Waals surface area (Å²) in [5.41, 5.74) is 8.21. The molecule has 0 bridgehead atoms. The highest BCUT2D eigenvalue weighted by Crippen LogP contribution is 2.20. The lowest BCUT2D eigenvalue weighted by Crippen LogP contribution is -2.12. The molecule has 0 radical (unpaired) electrons. The van der Waals surface area contributed by atoms with E-state index in [1.54, 1.807) is 6.07 Å². The summed E-state index contributed by atoms with van der Waals surface area (Å²) in [6.45, 7) is 3.97. The Kier molecular flexibility index (Phi) is 3.38. The molecule has 0 aliphatic heterocycles. The monoisotopic (exact) mass is 302 g/mol.